The fourth-order valence-corrected chi connectivity index (χ4v) is 3.22. The monoisotopic (exact) mass is 416 g/mol. The third-order valence-corrected chi connectivity index (χ3v) is 4.76. The maximum Gasteiger partial charge on any atom is 0.411 e. The number of hydrogen-bond acceptors (Lipinski definition) is 8. The maximum atomic E-state index is 12.1. The van der Waals surface area contributed by atoms with Crippen molar-refractivity contribution < 1.29 is 24.5 Å². The summed E-state index contributed by atoms with van der Waals surface area (Å²) in [4.78, 5) is 41.4. The maximum absolute atomic E-state index is 12.1. The van der Waals surface area contributed by atoms with E-state index in [9.17, 15) is 19.5 Å². The van der Waals surface area contributed by atoms with Crippen LogP contribution in [0.5, 0.6) is 5.75 Å². The summed E-state index contributed by atoms with van der Waals surface area (Å²) in [6, 6.07) is 10.2. The minimum atomic E-state index is -1.56. The van der Waals surface area contributed by atoms with Crippen molar-refractivity contribution in [2.24, 2.45) is 5.73 Å². The second kappa shape index (κ2) is 8.54. The van der Waals surface area contributed by atoms with E-state index < -0.39 is 35.1 Å². The van der Waals surface area contributed by atoms with Crippen LogP contribution in [0.25, 0.3) is 10.7 Å². The van der Waals surface area contributed by atoms with Crippen LogP contribution in [0.3, 0.4) is 0 Å². The molecule has 1 amide bonds. The van der Waals surface area contributed by atoms with Crippen LogP contribution in [0.15, 0.2) is 46.6 Å². The van der Waals surface area contributed by atoms with Gasteiger partial charge in [-0.25, -0.2) is 14.6 Å². The van der Waals surface area contributed by atoms with Crippen molar-refractivity contribution >= 4 is 29.1 Å². The Hall–Kier alpha value is -3.70. The number of carbonyl (C=O) groups is 2. The van der Waals surface area contributed by atoms with Gasteiger partial charge >= 0.3 is 12.1 Å². The Morgan fingerprint density at radius 3 is 2.69 bits per heavy atom. The Balaban J connectivity index is 1.73. The van der Waals surface area contributed by atoms with Crippen LogP contribution < -0.4 is 16.6 Å². The van der Waals surface area contributed by atoms with Crippen molar-refractivity contribution in [2.45, 2.75) is 6.04 Å². The lowest BCUT2D eigenvalue weighted by Gasteiger charge is -2.13. The number of benzene rings is 1. The molecule has 0 saturated carbocycles. The molecule has 0 spiro atoms. The van der Waals surface area contributed by atoms with E-state index in [0.29, 0.717) is 0 Å². The van der Waals surface area contributed by atoms with Crippen molar-refractivity contribution in [3.8, 4) is 16.5 Å². The normalized spacial score (nSPS) is 11.6. The van der Waals surface area contributed by atoms with E-state index in [-0.39, 0.29) is 23.0 Å². The van der Waals surface area contributed by atoms with Crippen molar-refractivity contribution in [3.63, 3.8) is 0 Å². The minimum Gasteiger partial charge on any atom is -0.501 e. The highest BCUT2D eigenvalue weighted by molar-refractivity contribution is 7.14. The first-order valence-electron chi connectivity index (χ1n) is 8.25. The summed E-state index contributed by atoms with van der Waals surface area (Å²) < 4.78 is 5.13. The predicted octanol–water partition coefficient (Wildman–Crippen LogP) is 2.15. The molecule has 0 aliphatic rings. The highest BCUT2D eigenvalue weighted by atomic mass is 32.1. The predicted molar refractivity (Wildman–Crippen MR) is 105 cm³/mol. The van der Waals surface area contributed by atoms with E-state index in [1.807, 2.05) is 30.3 Å². The zero-order valence-electron chi connectivity index (χ0n) is 14.8. The lowest BCUT2D eigenvalue weighted by Crippen LogP contribution is -2.22. The molecule has 0 fully saturated rings. The number of nitrogens with zero attached hydrogens (tertiary/aromatic N) is 1. The summed E-state index contributed by atoms with van der Waals surface area (Å²) in [7, 11) is 0. The number of rotatable bonds is 6. The molecule has 1 atom stereocenters. The number of carbonyl (C=O) groups excluding carboxylic acids is 1. The molecule has 0 bridgehead atoms. The zero-order chi connectivity index (χ0) is 21.0. The minimum absolute atomic E-state index is 0.0627. The molecular weight excluding hydrogens is 400 g/mol. The number of ether oxygens (including phenoxy) is 1. The second-order valence-corrected chi connectivity index (χ2v) is 6.74. The number of aromatic hydroxyl groups is 1. The summed E-state index contributed by atoms with van der Waals surface area (Å²) in [5.74, 6) is -2.67. The average Bonchev–Trinajstić information content (AvgIpc) is 3.16. The number of hydrogen-bond donors (Lipinski definition) is 5. The first-order valence-corrected chi connectivity index (χ1v) is 9.13. The average molecular weight is 416 g/mol. The number of aromatic amines is 1. The number of H-pyrrole nitrogens is 1. The van der Waals surface area contributed by atoms with Crippen LogP contribution >= 0.6 is 11.3 Å². The molecule has 3 rings (SSSR count). The standard InChI is InChI=1S/C18H16N4O6S/c19-10(9-4-2-1-3-5-9)8-28-18(27)20-11-6-7-29-14(11)15-21-12(17(25)26)13(23)16(24)22-15/h1-7,10,23H,8,19H2,(H,20,27)(H,25,26)(H,21,22,24)/t10-/m1/s1. The van der Waals surface area contributed by atoms with Crippen molar-refractivity contribution in [1.82, 2.24) is 9.97 Å². The van der Waals surface area contributed by atoms with Gasteiger partial charge in [-0.2, -0.15) is 0 Å². The number of nitrogens with two attached hydrogens (primary N) is 1. The molecule has 11 heteroatoms. The van der Waals surface area contributed by atoms with Crippen LogP contribution in [0.1, 0.15) is 22.1 Å². The fourth-order valence-electron chi connectivity index (χ4n) is 2.42. The number of thiophene rings is 1. The highest BCUT2D eigenvalue weighted by Gasteiger charge is 2.20. The fraction of sp³-hybridized carbons (Fsp3) is 0.111. The molecule has 10 nitrogen and oxygen atoms in total. The van der Waals surface area contributed by atoms with Crippen LogP contribution in [0.4, 0.5) is 10.5 Å². The number of anilines is 1. The molecular formula is C18H16N4O6S. The third-order valence-electron chi connectivity index (χ3n) is 3.84. The molecule has 150 valence electrons. The van der Waals surface area contributed by atoms with Crippen molar-refractivity contribution in [1.29, 1.82) is 0 Å². The van der Waals surface area contributed by atoms with Gasteiger partial charge in [0.25, 0.3) is 5.56 Å². The van der Waals surface area contributed by atoms with Gasteiger partial charge in [-0.05, 0) is 17.0 Å². The summed E-state index contributed by atoms with van der Waals surface area (Å²) in [5, 5.41) is 22.7. The quantitative estimate of drug-likeness (QED) is 0.407. The summed E-state index contributed by atoms with van der Waals surface area (Å²) in [6.07, 6.45) is -0.782. The molecule has 0 radical (unpaired) electrons. The molecule has 29 heavy (non-hydrogen) atoms. The highest BCUT2D eigenvalue weighted by Crippen LogP contribution is 2.31. The SMILES string of the molecule is N[C@H](COC(=O)Nc1ccsc1-c1nc(C(=O)O)c(O)c(=O)[nH]1)c1ccccc1. The molecule has 0 aliphatic carbocycles. The first-order chi connectivity index (χ1) is 13.9. The van der Waals surface area contributed by atoms with Gasteiger partial charge in [0.2, 0.25) is 5.75 Å². The molecule has 2 heterocycles. The zero-order valence-corrected chi connectivity index (χ0v) is 15.6. The Labute approximate surface area is 167 Å². The van der Waals surface area contributed by atoms with Gasteiger partial charge < -0.3 is 25.7 Å². The van der Waals surface area contributed by atoms with Gasteiger partial charge in [0.05, 0.1) is 16.6 Å². The molecule has 0 saturated heterocycles. The van der Waals surface area contributed by atoms with Gasteiger partial charge in [-0.1, -0.05) is 30.3 Å². The first kappa shape index (κ1) is 20.0. The summed E-state index contributed by atoms with van der Waals surface area (Å²) in [5.41, 5.74) is 5.24. The van der Waals surface area contributed by atoms with Crippen LogP contribution in [-0.2, 0) is 4.74 Å². The smallest absolute Gasteiger partial charge is 0.411 e. The third kappa shape index (κ3) is 4.59. The van der Waals surface area contributed by atoms with E-state index >= 15 is 0 Å². The number of amides is 1. The van der Waals surface area contributed by atoms with E-state index in [4.69, 9.17) is 15.6 Å². The van der Waals surface area contributed by atoms with Crippen LogP contribution in [0, 0.1) is 0 Å². The molecule has 1 aromatic carbocycles. The molecule has 3 aromatic rings. The number of nitrogens with one attached hydrogen (secondary N) is 2. The lowest BCUT2D eigenvalue weighted by molar-refractivity contribution is 0.0686. The van der Waals surface area contributed by atoms with E-state index in [2.05, 4.69) is 15.3 Å². The van der Waals surface area contributed by atoms with Crippen molar-refractivity contribution in [3.05, 3.63) is 63.4 Å². The number of aromatic carboxylic acids is 1. The van der Waals surface area contributed by atoms with Crippen molar-refractivity contribution in [2.75, 3.05) is 11.9 Å². The van der Waals surface area contributed by atoms with Gasteiger partial charge in [0.1, 0.15) is 6.61 Å². The number of carboxylic acids is 1. The van der Waals surface area contributed by atoms with Crippen LogP contribution in [0.2, 0.25) is 0 Å². The van der Waals surface area contributed by atoms with Crippen LogP contribution in [-0.4, -0.2) is 38.9 Å². The molecule has 6 N–H and O–H groups in total. The molecule has 2 aromatic heterocycles. The Kier molecular flexibility index (Phi) is 5.90. The largest absolute Gasteiger partial charge is 0.501 e. The van der Waals surface area contributed by atoms with Gasteiger partial charge in [0.15, 0.2) is 11.5 Å². The summed E-state index contributed by atoms with van der Waals surface area (Å²) >= 11 is 1.10. The second-order valence-electron chi connectivity index (χ2n) is 5.82. The molecule has 0 unspecified atom stereocenters. The lowest BCUT2D eigenvalue weighted by atomic mass is 10.1. The summed E-state index contributed by atoms with van der Waals surface area (Å²) in [6.45, 7) is -0.0627. The Morgan fingerprint density at radius 1 is 1.28 bits per heavy atom. The van der Waals surface area contributed by atoms with Gasteiger partial charge in [0, 0.05) is 0 Å². The van der Waals surface area contributed by atoms with E-state index in [1.165, 1.54) is 6.07 Å². The molecule has 0 aliphatic heterocycles. The Morgan fingerprint density at radius 2 is 2.00 bits per heavy atom. The van der Waals surface area contributed by atoms with Gasteiger partial charge in [-0.15, -0.1) is 11.3 Å². The number of aromatic nitrogens is 2. The Bertz CT molecular complexity index is 1100. The topological polar surface area (TPSA) is 168 Å². The number of carboxylic acid groups (broad SMARTS) is 1. The van der Waals surface area contributed by atoms with E-state index in [1.54, 1.807) is 5.38 Å². The van der Waals surface area contributed by atoms with E-state index in [0.717, 1.165) is 16.9 Å². The van der Waals surface area contributed by atoms with Gasteiger partial charge in [-0.3, -0.25) is 10.1 Å².